The smallest absolute Gasteiger partial charge is 0.221 e. The van der Waals surface area contributed by atoms with Crippen molar-refractivity contribution >= 4 is 11.6 Å². The molecule has 3 rings (SSSR count). The quantitative estimate of drug-likeness (QED) is 0.746. The molecule has 0 aromatic heterocycles. The molecule has 0 atom stereocenters. The van der Waals surface area contributed by atoms with E-state index >= 15 is 0 Å². The number of hydrogen-bond donors (Lipinski definition) is 1. The van der Waals surface area contributed by atoms with Crippen LogP contribution in [0.3, 0.4) is 0 Å². The number of unbranched alkanes of at least 4 members (excludes halogenated alkanes) is 1. The summed E-state index contributed by atoms with van der Waals surface area (Å²) in [4.78, 5) is 13.8. The van der Waals surface area contributed by atoms with Crippen molar-refractivity contribution in [3.8, 4) is 5.75 Å². The molecule has 1 aliphatic heterocycles. The Morgan fingerprint density at radius 2 is 2.15 bits per heavy atom. The summed E-state index contributed by atoms with van der Waals surface area (Å²) in [5.41, 5.74) is 5.96. The molecule has 4 nitrogen and oxygen atoms in total. The van der Waals surface area contributed by atoms with Gasteiger partial charge >= 0.3 is 0 Å². The highest BCUT2D eigenvalue weighted by Crippen LogP contribution is 2.30. The average Bonchev–Trinajstić information content (AvgIpc) is 2.97. The molecule has 26 heavy (non-hydrogen) atoms. The summed E-state index contributed by atoms with van der Waals surface area (Å²) in [6, 6.07) is 5.83. The highest BCUT2D eigenvalue weighted by molar-refractivity contribution is 5.89. The number of benzene rings is 1. The van der Waals surface area contributed by atoms with Crippen molar-refractivity contribution in [2.24, 2.45) is 0 Å². The van der Waals surface area contributed by atoms with Crippen LogP contribution in [-0.4, -0.2) is 37.0 Å². The SMILES string of the molecule is C=C1C=CC2=C1CCN(CCCCOc1ccc(C)c(NC(C)=O)c1)C2. The number of nitrogens with one attached hydrogen (secondary N) is 1. The van der Waals surface area contributed by atoms with Crippen LogP contribution in [0.15, 0.2) is 53.6 Å². The van der Waals surface area contributed by atoms with Crippen molar-refractivity contribution in [1.82, 2.24) is 4.90 Å². The average molecular weight is 352 g/mol. The fourth-order valence-electron chi connectivity index (χ4n) is 3.50. The van der Waals surface area contributed by atoms with E-state index in [1.165, 1.54) is 23.6 Å². The summed E-state index contributed by atoms with van der Waals surface area (Å²) < 4.78 is 5.85. The minimum absolute atomic E-state index is 0.0641. The molecule has 1 amide bonds. The number of carbonyl (C=O) groups excluding carboxylic acids is 1. The topological polar surface area (TPSA) is 41.6 Å². The summed E-state index contributed by atoms with van der Waals surface area (Å²) in [5.74, 6) is 0.743. The number of rotatable bonds is 7. The molecule has 0 bridgehead atoms. The molecule has 1 heterocycles. The normalized spacial score (nSPS) is 16.8. The zero-order valence-electron chi connectivity index (χ0n) is 15.8. The molecule has 0 saturated heterocycles. The molecule has 4 heteroatoms. The standard InChI is InChI=1S/C22H28N2O2/c1-16-6-8-19-15-24(12-10-21(16)19)11-4-5-13-26-20-9-7-17(2)22(14-20)23-18(3)25/h6-9,14H,1,4-5,10-13,15H2,2-3H3,(H,23,25). The van der Waals surface area contributed by atoms with Gasteiger partial charge in [-0.2, -0.15) is 0 Å². The lowest BCUT2D eigenvalue weighted by atomic mass is 10.00. The second-order valence-corrected chi connectivity index (χ2v) is 7.10. The van der Waals surface area contributed by atoms with E-state index in [9.17, 15) is 4.79 Å². The number of hydrogen-bond acceptors (Lipinski definition) is 3. The van der Waals surface area contributed by atoms with Crippen molar-refractivity contribution < 1.29 is 9.53 Å². The maximum Gasteiger partial charge on any atom is 0.221 e. The van der Waals surface area contributed by atoms with E-state index in [1.54, 1.807) is 0 Å². The van der Waals surface area contributed by atoms with Gasteiger partial charge in [0.25, 0.3) is 0 Å². The molecule has 2 aliphatic rings. The van der Waals surface area contributed by atoms with Gasteiger partial charge < -0.3 is 10.1 Å². The van der Waals surface area contributed by atoms with E-state index in [1.807, 2.05) is 25.1 Å². The van der Waals surface area contributed by atoms with Gasteiger partial charge in [-0.3, -0.25) is 9.69 Å². The highest BCUT2D eigenvalue weighted by atomic mass is 16.5. The van der Waals surface area contributed by atoms with Crippen molar-refractivity contribution in [2.75, 3.05) is 31.6 Å². The number of nitrogens with zero attached hydrogens (tertiary/aromatic N) is 1. The van der Waals surface area contributed by atoms with Crippen LogP contribution < -0.4 is 10.1 Å². The monoisotopic (exact) mass is 352 g/mol. The third-order valence-electron chi connectivity index (χ3n) is 4.99. The Morgan fingerprint density at radius 3 is 2.96 bits per heavy atom. The first-order valence-corrected chi connectivity index (χ1v) is 9.35. The number of amides is 1. The van der Waals surface area contributed by atoms with Gasteiger partial charge in [-0.25, -0.2) is 0 Å². The lowest BCUT2D eigenvalue weighted by Crippen LogP contribution is -2.31. The molecule has 0 saturated carbocycles. The summed E-state index contributed by atoms with van der Waals surface area (Å²) in [6.45, 7) is 11.6. The van der Waals surface area contributed by atoms with Gasteiger partial charge in [-0.1, -0.05) is 24.8 Å². The van der Waals surface area contributed by atoms with E-state index in [-0.39, 0.29) is 5.91 Å². The van der Waals surface area contributed by atoms with Crippen molar-refractivity contribution in [2.45, 2.75) is 33.1 Å². The van der Waals surface area contributed by atoms with Crippen LogP contribution in [-0.2, 0) is 4.79 Å². The minimum Gasteiger partial charge on any atom is -0.494 e. The van der Waals surface area contributed by atoms with Crippen LogP contribution in [0.1, 0.15) is 31.7 Å². The van der Waals surface area contributed by atoms with E-state index in [4.69, 9.17) is 4.74 Å². The molecule has 0 fully saturated rings. The fourth-order valence-corrected chi connectivity index (χ4v) is 3.50. The summed E-state index contributed by atoms with van der Waals surface area (Å²) in [5, 5.41) is 2.84. The zero-order valence-corrected chi connectivity index (χ0v) is 15.8. The zero-order chi connectivity index (χ0) is 18.5. The van der Waals surface area contributed by atoms with Crippen LogP contribution >= 0.6 is 0 Å². The predicted octanol–water partition coefficient (Wildman–Crippen LogP) is 4.24. The van der Waals surface area contributed by atoms with Crippen LogP contribution in [0.4, 0.5) is 5.69 Å². The third kappa shape index (κ3) is 4.64. The van der Waals surface area contributed by atoms with Gasteiger partial charge in [0.2, 0.25) is 5.91 Å². The highest BCUT2D eigenvalue weighted by Gasteiger charge is 2.20. The third-order valence-corrected chi connectivity index (χ3v) is 4.99. The van der Waals surface area contributed by atoms with Gasteiger partial charge in [0.15, 0.2) is 0 Å². The van der Waals surface area contributed by atoms with Gasteiger partial charge in [0, 0.05) is 31.8 Å². The second kappa shape index (κ2) is 8.37. The van der Waals surface area contributed by atoms with Gasteiger partial charge in [-0.15, -0.1) is 0 Å². The number of aryl methyl sites for hydroxylation is 1. The number of ether oxygens (including phenoxy) is 1. The molecular weight excluding hydrogens is 324 g/mol. The van der Waals surface area contributed by atoms with Crippen molar-refractivity contribution in [1.29, 1.82) is 0 Å². The molecule has 1 aromatic carbocycles. The van der Waals surface area contributed by atoms with Crippen LogP contribution in [0, 0.1) is 6.92 Å². The second-order valence-electron chi connectivity index (χ2n) is 7.10. The lowest BCUT2D eigenvalue weighted by molar-refractivity contribution is -0.114. The Kier molecular flexibility index (Phi) is 5.94. The number of allylic oxidation sites excluding steroid dienone is 2. The summed E-state index contributed by atoms with van der Waals surface area (Å²) in [6.07, 6.45) is 7.62. The lowest BCUT2D eigenvalue weighted by Gasteiger charge is -2.28. The van der Waals surface area contributed by atoms with E-state index in [2.05, 4.69) is 28.9 Å². The molecular formula is C22H28N2O2. The molecule has 0 spiro atoms. The van der Waals surface area contributed by atoms with Crippen LogP contribution in [0.25, 0.3) is 0 Å². The number of anilines is 1. The first kappa shape index (κ1) is 18.5. The molecule has 138 valence electrons. The van der Waals surface area contributed by atoms with Gasteiger partial charge in [-0.05, 0) is 61.1 Å². The van der Waals surface area contributed by atoms with E-state index in [0.717, 1.165) is 55.9 Å². The fraction of sp³-hybridized carbons (Fsp3) is 0.409. The van der Waals surface area contributed by atoms with Crippen LogP contribution in [0.5, 0.6) is 5.75 Å². The molecule has 1 N–H and O–H groups in total. The van der Waals surface area contributed by atoms with Gasteiger partial charge in [0.05, 0.1) is 6.61 Å². The van der Waals surface area contributed by atoms with E-state index in [0.29, 0.717) is 6.61 Å². The first-order chi connectivity index (χ1) is 12.5. The Morgan fingerprint density at radius 1 is 1.31 bits per heavy atom. The van der Waals surface area contributed by atoms with E-state index < -0.39 is 0 Å². The van der Waals surface area contributed by atoms with Crippen LogP contribution in [0.2, 0.25) is 0 Å². The van der Waals surface area contributed by atoms with Crippen molar-refractivity contribution in [3.63, 3.8) is 0 Å². The largest absolute Gasteiger partial charge is 0.494 e. The van der Waals surface area contributed by atoms with Gasteiger partial charge in [0.1, 0.15) is 5.75 Å². The Balaban J connectivity index is 1.39. The Labute approximate surface area is 156 Å². The maximum atomic E-state index is 11.2. The first-order valence-electron chi connectivity index (χ1n) is 9.35. The molecule has 0 unspecified atom stereocenters. The summed E-state index contributed by atoms with van der Waals surface area (Å²) in [7, 11) is 0. The molecule has 1 aromatic rings. The molecule has 1 aliphatic carbocycles. The molecule has 0 radical (unpaired) electrons. The Hall–Kier alpha value is -2.33. The minimum atomic E-state index is -0.0641. The van der Waals surface area contributed by atoms with Crippen molar-refractivity contribution in [3.05, 3.63) is 59.2 Å². The summed E-state index contributed by atoms with van der Waals surface area (Å²) >= 11 is 0. The maximum absolute atomic E-state index is 11.2. The number of carbonyl (C=O) groups is 1. The predicted molar refractivity (Wildman–Crippen MR) is 107 cm³/mol. The Bertz CT molecular complexity index is 761.